The van der Waals surface area contributed by atoms with Crippen LogP contribution in [0.15, 0.2) is 18.2 Å². The molecule has 1 aromatic rings. The Kier molecular flexibility index (Phi) is 7.40. The third-order valence-electron chi connectivity index (χ3n) is 4.62. The van der Waals surface area contributed by atoms with Crippen molar-refractivity contribution in [2.75, 3.05) is 5.32 Å². The Morgan fingerprint density at radius 3 is 2.30 bits per heavy atom. The Morgan fingerprint density at radius 1 is 1.13 bits per heavy atom. The van der Waals surface area contributed by atoms with Crippen molar-refractivity contribution < 1.29 is 34.3 Å². The molecule has 0 radical (unpaired) electrons. The van der Waals surface area contributed by atoms with Crippen LogP contribution < -0.4 is 10.1 Å². The van der Waals surface area contributed by atoms with E-state index in [0.29, 0.717) is 18.0 Å². The minimum atomic E-state index is -1.57. The molecular formula is C22H35NO7. The van der Waals surface area contributed by atoms with Crippen molar-refractivity contribution in [3.05, 3.63) is 23.8 Å². The molecule has 30 heavy (non-hydrogen) atoms. The highest BCUT2D eigenvalue weighted by Crippen LogP contribution is 2.34. The molecule has 1 aliphatic heterocycles. The van der Waals surface area contributed by atoms with E-state index in [1.54, 1.807) is 13.0 Å². The van der Waals surface area contributed by atoms with Crippen LogP contribution in [0.5, 0.6) is 5.75 Å². The Hall–Kier alpha value is -1.87. The molecule has 8 nitrogen and oxygen atoms in total. The highest BCUT2D eigenvalue weighted by molar-refractivity contribution is 5.73. The second-order valence-corrected chi connectivity index (χ2v) is 9.83. The first-order valence-corrected chi connectivity index (χ1v) is 10.1. The van der Waals surface area contributed by atoms with Crippen molar-refractivity contribution in [2.24, 2.45) is 5.92 Å². The molecule has 0 aromatic heterocycles. The van der Waals surface area contributed by atoms with Crippen LogP contribution in [0.1, 0.15) is 54.0 Å². The van der Waals surface area contributed by atoms with Gasteiger partial charge in [0.2, 0.25) is 6.29 Å². The van der Waals surface area contributed by atoms with Gasteiger partial charge in [-0.05, 0) is 59.2 Å². The number of ether oxygens (including phenoxy) is 3. The number of rotatable bonds is 6. The van der Waals surface area contributed by atoms with Gasteiger partial charge in [0.05, 0.1) is 24.0 Å². The average Bonchev–Trinajstić information content (AvgIpc) is 2.59. The second kappa shape index (κ2) is 9.09. The maximum atomic E-state index is 11.4. The van der Waals surface area contributed by atoms with Gasteiger partial charge in [-0.2, -0.15) is 0 Å². The minimum absolute atomic E-state index is 0.264. The molecule has 1 aromatic carbocycles. The summed E-state index contributed by atoms with van der Waals surface area (Å²) in [7, 11) is 0. The molecule has 0 aliphatic carbocycles. The summed E-state index contributed by atoms with van der Waals surface area (Å²) < 4.78 is 17.3. The van der Waals surface area contributed by atoms with Gasteiger partial charge in [-0.3, -0.25) is 0 Å². The van der Waals surface area contributed by atoms with Gasteiger partial charge in [-0.1, -0.05) is 13.0 Å². The van der Waals surface area contributed by atoms with E-state index >= 15 is 0 Å². The number of hydrogen-bond donors (Lipinski definition) is 4. The number of hydrogen-bond acceptors (Lipinski definition) is 7. The zero-order valence-corrected chi connectivity index (χ0v) is 18.8. The van der Waals surface area contributed by atoms with E-state index < -0.39 is 36.5 Å². The lowest BCUT2D eigenvalue weighted by atomic mass is 9.92. The predicted molar refractivity (Wildman–Crippen MR) is 112 cm³/mol. The van der Waals surface area contributed by atoms with E-state index in [-0.39, 0.29) is 11.1 Å². The molecular weight excluding hydrogens is 390 g/mol. The molecule has 1 saturated heterocycles. The van der Waals surface area contributed by atoms with E-state index in [0.717, 1.165) is 5.56 Å². The van der Waals surface area contributed by atoms with Gasteiger partial charge < -0.3 is 34.8 Å². The van der Waals surface area contributed by atoms with Gasteiger partial charge in [0.15, 0.2) is 6.10 Å². The molecule has 8 heteroatoms. The molecule has 0 amide bonds. The van der Waals surface area contributed by atoms with Crippen molar-refractivity contribution in [3.8, 4) is 5.75 Å². The first-order chi connectivity index (χ1) is 13.7. The molecule has 5 atom stereocenters. The van der Waals surface area contributed by atoms with Crippen molar-refractivity contribution in [3.63, 3.8) is 0 Å². The topological polar surface area (TPSA) is 117 Å². The predicted octanol–water partition coefficient (Wildman–Crippen LogP) is 2.76. The lowest BCUT2D eigenvalue weighted by Gasteiger charge is -2.40. The summed E-state index contributed by atoms with van der Waals surface area (Å²) in [4.78, 5) is 11.4. The summed E-state index contributed by atoms with van der Waals surface area (Å²) in [6.07, 6.45) is -5.42. The zero-order valence-electron chi connectivity index (χ0n) is 18.8. The van der Waals surface area contributed by atoms with Crippen LogP contribution in [0.4, 0.5) is 5.69 Å². The average molecular weight is 426 g/mol. The molecule has 1 heterocycles. The van der Waals surface area contributed by atoms with Gasteiger partial charge in [0.1, 0.15) is 11.9 Å². The van der Waals surface area contributed by atoms with Crippen LogP contribution in [-0.2, 0) is 20.9 Å². The molecule has 0 bridgehead atoms. The number of aliphatic hydroxyl groups excluding tert-OH is 2. The molecule has 0 saturated carbocycles. The van der Waals surface area contributed by atoms with Crippen LogP contribution in [0.3, 0.4) is 0 Å². The van der Waals surface area contributed by atoms with Gasteiger partial charge in [0, 0.05) is 11.5 Å². The smallest absolute Gasteiger partial charge is 0.335 e. The number of carbonyl (C=O) groups is 1. The third kappa shape index (κ3) is 6.57. The Balaban J connectivity index is 2.29. The van der Waals surface area contributed by atoms with Crippen molar-refractivity contribution >= 4 is 11.7 Å². The normalized spacial score (nSPS) is 27.6. The number of carboxylic acid groups (broad SMARTS) is 1. The summed E-state index contributed by atoms with van der Waals surface area (Å²) >= 11 is 0. The van der Waals surface area contributed by atoms with Gasteiger partial charge in [-0.25, -0.2) is 4.79 Å². The van der Waals surface area contributed by atoms with E-state index in [1.807, 2.05) is 53.7 Å². The van der Waals surface area contributed by atoms with Gasteiger partial charge >= 0.3 is 5.97 Å². The number of anilines is 1. The number of carboxylic acids is 1. The molecule has 5 unspecified atom stereocenters. The van der Waals surface area contributed by atoms with Crippen LogP contribution in [-0.4, -0.2) is 57.0 Å². The summed E-state index contributed by atoms with van der Waals surface area (Å²) in [6, 6.07) is 5.54. The summed E-state index contributed by atoms with van der Waals surface area (Å²) in [5.41, 5.74) is 1.10. The Labute approximate surface area is 178 Å². The van der Waals surface area contributed by atoms with Gasteiger partial charge in [0.25, 0.3) is 0 Å². The van der Waals surface area contributed by atoms with Crippen LogP contribution in [0, 0.1) is 5.92 Å². The number of benzene rings is 1. The maximum absolute atomic E-state index is 11.4. The highest BCUT2D eigenvalue weighted by atomic mass is 16.7. The van der Waals surface area contributed by atoms with E-state index in [2.05, 4.69) is 5.32 Å². The van der Waals surface area contributed by atoms with Crippen molar-refractivity contribution in [1.29, 1.82) is 0 Å². The van der Waals surface area contributed by atoms with Crippen LogP contribution >= 0.6 is 0 Å². The van der Waals surface area contributed by atoms with E-state index in [1.165, 1.54) is 0 Å². The molecule has 4 N–H and O–H groups in total. The van der Waals surface area contributed by atoms with Crippen molar-refractivity contribution in [2.45, 2.75) is 90.8 Å². The lowest BCUT2D eigenvalue weighted by Crippen LogP contribution is -2.57. The second-order valence-electron chi connectivity index (χ2n) is 9.83. The standard InChI is InChI=1S/C22H35NO7/c1-12-16(24)17(25)18(19(26)27)30-20(12)29-15-9-8-13(11-28-22(5,6)7)10-14(15)23-21(2,3)4/h8-10,12,16-18,20,23-25H,11H2,1-7H3,(H,26,27). The van der Waals surface area contributed by atoms with Crippen molar-refractivity contribution in [1.82, 2.24) is 0 Å². The SMILES string of the molecule is CC1C(Oc2ccc(COC(C)(C)C)cc2NC(C)(C)C)OC(C(=O)O)C(O)C1O. The fourth-order valence-electron chi connectivity index (χ4n) is 3.04. The lowest BCUT2D eigenvalue weighted by molar-refractivity contribution is -0.251. The molecule has 170 valence electrons. The first-order valence-electron chi connectivity index (χ1n) is 10.1. The summed E-state index contributed by atoms with van der Waals surface area (Å²) in [5, 5.41) is 32.9. The Bertz CT molecular complexity index is 738. The van der Waals surface area contributed by atoms with Crippen LogP contribution in [0.25, 0.3) is 0 Å². The van der Waals surface area contributed by atoms with E-state index in [9.17, 15) is 20.1 Å². The maximum Gasteiger partial charge on any atom is 0.335 e. The fourth-order valence-corrected chi connectivity index (χ4v) is 3.04. The molecule has 1 aliphatic rings. The Morgan fingerprint density at radius 2 is 1.77 bits per heavy atom. The largest absolute Gasteiger partial charge is 0.479 e. The van der Waals surface area contributed by atoms with Gasteiger partial charge in [-0.15, -0.1) is 0 Å². The number of nitrogens with one attached hydrogen (secondary N) is 1. The first kappa shape index (κ1) is 24.4. The fraction of sp³-hybridized carbons (Fsp3) is 0.682. The minimum Gasteiger partial charge on any atom is -0.479 e. The third-order valence-corrected chi connectivity index (χ3v) is 4.62. The molecule has 0 spiro atoms. The summed E-state index contributed by atoms with van der Waals surface area (Å²) in [6.45, 7) is 14.0. The number of aliphatic hydroxyl groups is 2. The monoisotopic (exact) mass is 425 g/mol. The summed E-state index contributed by atoms with van der Waals surface area (Å²) in [5.74, 6) is -1.54. The quantitative estimate of drug-likeness (QED) is 0.550. The van der Waals surface area contributed by atoms with E-state index in [4.69, 9.17) is 14.2 Å². The molecule has 2 rings (SSSR count). The zero-order chi connectivity index (χ0) is 22.9. The molecule has 1 fully saturated rings. The highest BCUT2D eigenvalue weighted by Gasteiger charge is 2.46. The number of aliphatic carboxylic acids is 1. The van der Waals surface area contributed by atoms with Crippen LogP contribution in [0.2, 0.25) is 0 Å².